The van der Waals surface area contributed by atoms with Gasteiger partial charge in [-0.2, -0.15) is 0 Å². The molecule has 0 aliphatic carbocycles. The predicted octanol–water partition coefficient (Wildman–Crippen LogP) is 7.53. The number of rotatable bonds is 10. The molecule has 2 nitrogen and oxygen atoms in total. The molecule has 1 heterocycles. The number of nitrogens with zero attached hydrogens (tertiary/aromatic N) is 1. The van der Waals surface area contributed by atoms with Crippen LogP contribution in [0.25, 0.3) is 0 Å². The quantitative estimate of drug-likeness (QED) is 0.356. The molecule has 0 bridgehead atoms. The summed E-state index contributed by atoms with van der Waals surface area (Å²) in [5.74, 6) is 0.339. The highest BCUT2D eigenvalue weighted by Gasteiger charge is 2.23. The average Bonchev–Trinajstić information content (AvgIpc) is 2.82. The molecule has 1 fully saturated rings. The van der Waals surface area contributed by atoms with Gasteiger partial charge in [-0.05, 0) is 86.5 Å². The molecule has 1 unspecified atom stereocenters. The fourth-order valence-corrected chi connectivity index (χ4v) is 3.65. The number of amides is 1. The number of allylic oxidation sites excluding steroid dienone is 6. The minimum Gasteiger partial charge on any atom is -0.336 e. The van der Waals surface area contributed by atoms with E-state index in [1.165, 1.54) is 28.7 Å². The summed E-state index contributed by atoms with van der Waals surface area (Å²) in [5, 5.41) is 0. The fraction of sp³-hybridized carbons (Fsp3) is 0.654. The topological polar surface area (TPSA) is 20.3 Å². The van der Waals surface area contributed by atoms with Gasteiger partial charge in [0.2, 0.25) is 5.91 Å². The molecule has 1 rings (SSSR count). The van der Waals surface area contributed by atoms with Crippen molar-refractivity contribution in [2.24, 2.45) is 0 Å². The lowest BCUT2D eigenvalue weighted by atomic mass is 10.0. The van der Waals surface area contributed by atoms with Gasteiger partial charge in [-0.15, -0.1) is 0 Å². The zero-order chi connectivity index (χ0) is 20.9. The summed E-state index contributed by atoms with van der Waals surface area (Å²) in [4.78, 5) is 14.8. The molecule has 0 N–H and O–H groups in total. The van der Waals surface area contributed by atoms with Crippen molar-refractivity contribution in [3.8, 4) is 0 Å². The molecule has 1 amide bonds. The third-order valence-corrected chi connectivity index (χ3v) is 5.38. The Balaban J connectivity index is 2.86. The highest BCUT2D eigenvalue weighted by atomic mass is 16.2. The van der Waals surface area contributed by atoms with Gasteiger partial charge in [0.1, 0.15) is 0 Å². The molecule has 0 aromatic heterocycles. The second kappa shape index (κ2) is 13.6. The molecular weight excluding hydrogens is 342 g/mol. The van der Waals surface area contributed by atoms with Gasteiger partial charge in [-0.1, -0.05) is 53.0 Å². The summed E-state index contributed by atoms with van der Waals surface area (Å²) in [6, 6.07) is 0.204. The second-order valence-corrected chi connectivity index (χ2v) is 8.90. The van der Waals surface area contributed by atoms with E-state index in [4.69, 9.17) is 0 Å². The van der Waals surface area contributed by atoms with Crippen LogP contribution in [0, 0.1) is 0 Å². The largest absolute Gasteiger partial charge is 0.336 e. The molecule has 0 aromatic rings. The minimum atomic E-state index is 0.204. The van der Waals surface area contributed by atoms with Gasteiger partial charge < -0.3 is 4.90 Å². The van der Waals surface area contributed by atoms with E-state index in [1.54, 1.807) is 0 Å². The van der Waals surface area contributed by atoms with Crippen molar-refractivity contribution in [1.82, 2.24) is 4.90 Å². The smallest absolute Gasteiger partial charge is 0.223 e. The minimum absolute atomic E-state index is 0.204. The molecule has 2 heteroatoms. The lowest BCUT2D eigenvalue weighted by Gasteiger charge is -2.29. The Labute approximate surface area is 174 Å². The summed E-state index contributed by atoms with van der Waals surface area (Å²) in [6.45, 7) is 14.0. The third kappa shape index (κ3) is 10.7. The Morgan fingerprint density at radius 2 is 1.46 bits per heavy atom. The van der Waals surface area contributed by atoms with Crippen molar-refractivity contribution in [2.75, 3.05) is 6.54 Å². The van der Waals surface area contributed by atoms with Crippen molar-refractivity contribution >= 4 is 5.91 Å². The number of hydrogen-bond acceptors (Lipinski definition) is 1. The maximum absolute atomic E-state index is 12.7. The first-order valence-corrected chi connectivity index (χ1v) is 11.2. The first-order valence-electron chi connectivity index (χ1n) is 11.2. The summed E-state index contributed by atoms with van der Waals surface area (Å²) in [7, 11) is 0. The Kier molecular flexibility index (Phi) is 11.9. The van der Waals surface area contributed by atoms with E-state index in [0.29, 0.717) is 12.3 Å². The fourth-order valence-electron chi connectivity index (χ4n) is 3.65. The van der Waals surface area contributed by atoms with Crippen LogP contribution in [0.15, 0.2) is 46.6 Å². The number of carbonyl (C=O) groups excluding carboxylic acids is 1. The Hall–Kier alpha value is -1.57. The first kappa shape index (κ1) is 24.5. The van der Waals surface area contributed by atoms with Crippen molar-refractivity contribution in [2.45, 2.75) is 105 Å². The molecule has 1 aliphatic heterocycles. The molecule has 0 aromatic carbocycles. The Morgan fingerprint density at radius 3 is 2.07 bits per heavy atom. The van der Waals surface area contributed by atoms with E-state index in [1.807, 2.05) is 0 Å². The van der Waals surface area contributed by atoms with Crippen molar-refractivity contribution in [3.63, 3.8) is 0 Å². The molecule has 0 radical (unpaired) electrons. The van der Waals surface area contributed by atoms with Gasteiger partial charge in [0, 0.05) is 13.0 Å². The van der Waals surface area contributed by atoms with Crippen molar-refractivity contribution in [1.29, 1.82) is 0 Å². The lowest BCUT2D eigenvalue weighted by molar-refractivity contribution is -0.132. The molecule has 1 saturated heterocycles. The molecule has 1 aliphatic rings. The van der Waals surface area contributed by atoms with E-state index in [-0.39, 0.29) is 6.04 Å². The van der Waals surface area contributed by atoms with Gasteiger partial charge in [-0.25, -0.2) is 0 Å². The van der Waals surface area contributed by atoms with Crippen molar-refractivity contribution in [3.05, 3.63) is 46.6 Å². The number of hydrogen-bond donors (Lipinski definition) is 0. The van der Waals surface area contributed by atoms with Crippen LogP contribution in [0.1, 0.15) is 99.3 Å². The number of carbonyl (C=O) groups is 1. The van der Waals surface area contributed by atoms with Crippen LogP contribution < -0.4 is 0 Å². The summed E-state index contributed by atoms with van der Waals surface area (Å²) >= 11 is 0. The van der Waals surface area contributed by atoms with Gasteiger partial charge >= 0.3 is 0 Å². The van der Waals surface area contributed by atoms with Crippen LogP contribution in [0.4, 0.5) is 0 Å². The van der Waals surface area contributed by atoms with Crippen LogP contribution in [-0.4, -0.2) is 23.4 Å². The lowest BCUT2D eigenvalue weighted by Crippen LogP contribution is -2.39. The summed E-state index contributed by atoms with van der Waals surface area (Å²) in [6.07, 6.45) is 18.7. The van der Waals surface area contributed by atoms with E-state index in [2.05, 4.69) is 70.7 Å². The van der Waals surface area contributed by atoms with Crippen LogP contribution >= 0.6 is 0 Å². The van der Waals surface area contributed by atoms with E-state index in [0.717, 1.165) is 51.5 Å². The van der Waals surface area contributed by atoms with Crippen LogP contribution in [0.5, 0.6) is 0 Å². The summed E-state index contributed by atoms with van der Waals surface area (Å²) in [5.41, 5.74) is 5.59. The SMILES string of the molecule is CC(C)=CCC/C(C)=C/CC(/C=C(\C)CCC=C(C)C)N1CCCCCC1=O. The highest BCUT2D eigenvalue weighted by molar-refractivity contribution is 5.77. The molecule has 1 atom stereocenters. The molecule has 0 spiro atoms. The zero-order valence-electron chi connectivity index (χ0n) is 19.3. The maximum atomic E-state index is 12.7. The molecule has 158 valence electrons. The monoisotopic (exact) mass is 385 g/mol. The van der Waals surface area contributed by atoms with Gasteiger partial charge in [-0.3, -0.25) is 4.79 Å². The maximum Gasteiger partial charge on any atom is 0.223 e. The molecule has 0 saturated carbocycles. The van der Waals surface area contributed by atoms with Crippen LogP contribution in [-0.2, 0) is 4.79 Å². The van der Waals surface area contributed by atoms with Crippen LogP contribution in [0.2, 0.25) is 0 Å². The Bertz CT molecular complexity index is 598. The Morgan fingerprint density at radius 1 is 0.857 bits per heavy atom. The van der Waals surface area contributed by atoms with Gasteiger partial charge in [0.25, 0.3) is 0 Å². The van der Waals surface area contributed by atoms with E-state index < -0.39 is 0 Å². The number of likely N-dealkylation sites (tertiary alicyclic amines) is 1. The highest BCUT2D eigenvalue weighted by Crippen LogP contribution is 2.21. The standard InChI is InChI=1S/C26H43NO/c1-21(2)12-10-14-23(5)17-18-25(20-24(6)15-11-13-22(3)4)27-19-9-7-8-16-26(27)28/h12-13,17,20,25H,7-11,14-16,18-19H2,1-6H3/b23-17+,24-20+. The average molecular weight is 386 g/mol. The van der Waals surface area contributed by atoms with Crippen molar-refractivity contribution < 1.29 is 4.79 Å². The predicted molar refractivity (Wildman–Crippen MR) is 123 cm³/mol. The van der Waals surface area contributed by atoms with Crippen LogP contribution in [0.3, 0.4) is 0 Å². The second-order valence-electron chi connectivity index (χ2n) is 8.90. The first-order chi connectivity index (χ1) is 13.3. The van der Waals surface area contributed by atoms with E-state index in [9.17, 15) is 4.79 Å². The van der Waals surface area contributed by atoms with Gasteiger partial charge in [0.05, 0.1) is 6.04 Å². The molecular formula is C26H43NO. The molecule has 28 heavy (non-hydrogen) atoms. The summed E-state index contributed by atoms with van der Waals surface area (Å²) < 4.78 is 0. The van der Waals surface area contributed by atoms with Gasteiger partial charge in [0.15, 0.2) is 0 Å². The normalized spacial score (nSPS) is 17.2. The third-order valence-electron chi connectivity index (χ3n) is 5.38. The zero-order valence-corrected chi connectivity index (χ0v) is 19.3. The van der Waals surface area contributed by atoms with E-state index >= 15 is 0 Å².